The van der Waals surface area contributed by atoms with E-state index in [0.29, 0.717) is 6.54 Å². The Balaban J connectivity index is 1.94. The maximum atomic E-state index is 12.2. The molecule has 3 N–H and O–H groups in total. The number of nitrogens with two attached hydrogens (primary N) is 1. The van der Waals surface area contributed by atoms with Crippen LogP contribution in [0.2, 0.25) is 0 Å². The minimum absolute atomic E-state index is 0.0267. The van der Waals surface area contributed by atoms with Crippen LogP contribution in [-0.4, -0.2) is 28.8 Å². The number of carbonyl (C=O) groups is 2. The molecule has 23 heavy (non-hydrogen) atoms. The lowest BCUT2D eigenvalue weighted by Gasteiger charge is -2.25. The van der Waals surface area contributed by atoms with Gasteiger partial charge >= 0.3 is 0 Å². The van der Waals surface area contributed by atoms with E-state index >= 15 is 0 Å². The van der Waals surface area contributed by atoms with Gasteiger partial charge < -0.3 is 16.0 Å². The second kappa shape index (κ2) is 7.59. The molecule has 0 radical (unpaired) electrons. The normalized spacial score (nSPS) is 20.6. The summed E-state index contributed by atoms with van der Waals surface area (Å²) in [5.41, 5.74) is 7.70. The van der Waals surface area contributed by atoms with Crippen LogP contribution >= 0.6 is 0 Å². The van der Waals surface area contributed by atoms with Crippen molar-refractivity contribution in [2.75, 3.05) is 5.32 Å². The van der Waals surface area contributed by atoms with Crippen molar-refractivity contribution in [3.8, 4) is 0 Å². The smallest absolute Gasteiger partial charge is 0.227 e. The highest BCUT2D eigenvalue weighted by molar-refractivity contribution is 5.92. The van der Waals surface area contributed by atoms with Gasteiger partial charge in [-0.2, -0.15) is 0 Å². The molecule has 2 amide bonds. The third-order valence-corrected chi connectivity index (χ3v) is 4.45. The van der Waals surface area contributed by atoms with Crippen molar-refractivity contribution in [2.24, 2.45) is 11.7 Å². The molecule has 5 heteroatoms. The second-order valence-electron chi connectivity index (χ2n) is 6.70. The first-order valence-corrected chi connectivity index (χ1v) is 8.29. The van der Waals surface area contributed by atoms with Crippen molar-refractivity contribution >= 4 is 17.5 Å². The molecule has 0 aromatic heterocycles. The van der Waals surface area contributed by atoms with Gasteiger partial charge in [0.25, 0.3) is 0 Å². The van der Waals surface area contributed by atoms with Gasteiger partial charge in [0.2, 0.25) is 11.8 Å². The highest BCUT2D eigenvalue weighted by atomic mass is 16.2. The van der Waals surface area contributed by atoms with Crippen LogP contribution in [0.1, 0.15) is 45.6 Å². The topological polar surface area (TPSA) is 75.4 Å². The Morgan fingerprint density at radius 3 is 2.39 bits per heavy atom. The minimum atomic E-state index is 0.0267. The number of carbonyl (C=O) groups excluding carboxylic acids is 2. The summed E-state index contributed by atoms with van der Waals surface area (Å²) in [6.45, 7) is 6.17. The van der Waals surface area contributed by atoms with E-state index in [0.717, 1.165) is 30.5 Å². The van der Waals surface area contributed by atoms with Crippen LogP contribution in [0.5, 0.6) is 0 Å². The largest absolute Gasteiger partial charge is 0.336 e. The highest BCUT2D eigenvalue weighted by Gasteiger charge is 2.27. The predicted molar refractivity (Wildman–Crippen MR) is 91.7 cm³/mol. The number of anilines is 1. The number of rotatable bonds is 5. The molecule has 1 aromatic rings. The second-order valence-corrected chi connectivity index (χ2v) is 6.70. The van der Waals surface area contributed by atoms with Crippen molar-refractivity contribution in [3.05, 3.63) is 29.8 Å². The van der Waals surface area contributed by atoms with Crippen LogP contribution in [-0.2, 0) is 16.1 Å². The third kappa shape index (κ3) is 4.79. The predicted octanol–water partition coefficient (Wildman–Crippen LogP) is 2.51. The van der Waals surface area contributed by atoms with Gasteiger partial charge in [-0.25, -0.2) is 0 Å². The summed E-state index contributed by atoms with van der Waals surface area (Å²) in [7, 11) is 0. The van der Waals surface area contributed by atoms with Crippen molar-refractivity contribution in [1.29, 1.82) is 0 Å². The van der Waals surface area contributed by atoms with Gasteiger partial charge in [0.05, 0.1) is 0 Å². The third-order valence-electron chi connectivity index (χ3n) is 4.45. The molecule has 1 aromatic carbocycles. The summed E-state index contributed by atoms with van der Waals surface area (Å²) in [4.78, 5) is 25.6. The molecule has 2 atom stereocenters. The Morgan fingerprint density at radius 2 is 1.91 bits per heavy atom. The Kier molecular flexibility index (Phi) is 5.77. The molecular weight excluding hydrogens is 290 g/mol. The maximum Gasteiger partial charge on any atom is 0.227 e. The fourth-order valence-corrected chi connectivity index (χ4v) is 3.05. The van der Waals surface area contributed by atoms with Crippen LogP contribution in [0.25, 0.3) is 0 Å². The van der Waals surface area contributed by atoms with Crippen molar-refractivity contribution in [1.82, 2.24) is 4.90 Å². The molecular formula is C18H27N3O2. The van der Waals surface area contributed by atoms with Crippen LogP contribution in [0.3, 0.4) is 0 Å². The fraction of sp³-hybridized carbons (Fsp3) is 0.556. The first-order valence-electron chi connectivity index (χ1n) is 8.29. The van der Waals surface area contributed by atoms with Gasteiger partial charge in [0, 0.05) is 37.2 Å². The van der Waals surface area contributed by atoms with E-state index in [-0.39, 0.29) is 29.8 Å². The summed E-state index contributed by atoms with van der Waals surface area (Å²) in [5.74, 6) is 0.145. The van der Waals surface area contributed by atoms with Crippen LogP contribution in [0, 0.1) is 5.92 Å². The lowest BCUT2D eigenvalue weighted by Crippen LogP contribution is -2.34. The summed E-state index contributed by atoms with van der Waals surface area (Å²) in [5, 5.41) is 2.96. The van der Waals surface area contributed by atoms with Gasteiger partial charge in [-0.05, 0) is 50.8 Å². The molecule has 126 valence electrons. The number of amides is 2. The van der Waals surface area contributed by atoms with E-state index < -0.39 is 0 Å². The number of nitrogens with zero attached hydrogens (tertiary/aromatic N) is 1. The Bertz CT molecular complexity index is 554. The van der Waals surface area contributed by atoms with Gasteiger partial charge in [-0.3, -0.25) is 9.59 Å². The van der Waals surface area contributed by atoms with Gasteiger partial charge in [0.1, 0.15) is 0 Å². The Hall–Kier alpha value is -1.88. The van der Waals surface area contributed by atoms with Crippen LogP contribution in [0.15, 0.2) is 24.3 Å². The Morgan fingerprint density at radius 1 is 1.26 bits per heavy atom. The van der Waals surface area contributed by atoms with Crippen molar-refractivity contribution in [2.45, 2.75) is 58.7 Å². The van der Waals surface area contributed by atoms with Crippen LogP contribution < -0.4 is 11.1 Å². The molecule has 1 aliphatic rings. The van der Waals surface area contributed by atoms with E-state index in [2.05, 4.69) is 5.32 Å². The highest BCUT2D eigenvalue weighted by Crippen LogP contribution is 2.25. The number of benzene rings is 1. The van der Waals surface area contributed by atoms with Crippen LogP contribution in [0.4, 0.5) is 5.69 Å². The molecule has 0 aliphatic heterocycles. The Labute approximate surface area is 138 Å². The quantitative estimate of drug-likeness (QED) is 0.876. The van der Waals surface area contributed by atoms with E-state index in [1.165, 1.54) is 0 Å². The van der Waals surface area contributed by atoms with E-state index in [1.54, 1.807) is 6.92 Å². The maximum absolute atomic E-state index is 12.2. The molecule has 0 heterocycles. The SMILES string of the molecule is CC(=O)N(Cc1ccc(NC(=O)C2CCC(N)C2)cc1)C(C)C. The molecule has 2 rings (SSSR count). The minimum Gasteiger partial charge on any atom is -0.336 e. The molecule has 2 unspecified atom stereocenters. The first-order chi connectivity index (χ1) is 10.9. The lowest BCUT2D eigenvalue weighted by atomic mass is 10.1. The molecule has 0 spiro atoms. The zero-order valence-corrected chi connectivity index (χ0v) is 14.2. The van der Waals surface area contributed by atoms with Gasteiger partial charge in [-0.15, -0.1) is 0 Å². The summed E-state index contributed by atoms with van der Waals surface area (Å²) in [6, 6.07) is 8.00. The number of hydrogen-bond acceptors (Lipinski definition) is 3. The fourth-order valence-electron chi connectivity index (χ4n) is 3.05. The monoisotopic (exact) mass is 317 g/mol. The molecule has 1 fully saturated rings. The first kappa shape index (κ1) is 17.5. The number of nitrogens with one attached hydrogen (secondary N) is 1. The standard InChI is InChI=1S/C18H27N3O2/c1-12(2)21(13(3)22)11-14-4-8-17(9-5-14)20-18(23)15-6-7-16(19)10-15/h4-5,8-9,12,15-16H,6-7,10-11,19H2,1-3H3,(H,20,23). The van der Waals surface area contributed by atoms with E-state index in [4.69, 9.17) is 5.73 Å². The molecule has 1 saturated carbocycles. The summed E-state index contributed by atoms with van der Waals surface area (Å²) in [6.07, 6.45) is 2.56. The summed E-state index contributed by atoms with van der Waals surface area (Å²) >= 11 is 0. The summed E-state index contributed by atoms with van der Waals surface area (Å²) < 4.78 is 0. The molecule has 1 aliphatic carbocycles. The zero-order valence-electron chi connectivity index (χ0n) is 14.2. The average Bonchev–Trinajstić information content (AvgIpc) is 2.92. The lowest BCUT2D eigenvalue weighted by molar-refractivity contribution is -0.131. The van der Waals surface area contributed by atoms with Gasteiger partial charge in [-0.1, -0.05) is 12.1 Å². The van der Waals surface area contributed by atoms with E-state index in [1.807, 2.05) is 43.0 Å². The molecule has 0 saturated heterocycles. The van der Waals surface area contributed by atoms with Crippen molar-refractivity contribution < 1.29 is 9.59 Å². The molecule has 5 nitrogen and oxygen atoms in total. The van der Waals surface area contributed by atoms with E-state index in [9.17, 15) is 9.59 Å². The zero-order chi connectivity index (χ0) is 17.0. The molecule has 0 bridgehead atoms. The van der Waals surface area contributed by atoms with Gasteiger partial charge in [0.15, 0.2) is 0 Å². The van der Waals surface area contributed by atoms with Crippen molar-refractivity contribution in [3.63, 3.8) is 0 Å². The number of hydrogen-bond donors (Lipinski definition) is 2. The average molecular weight is 317 g/mol.